The number of rotatable bonds is 0. The first-order valence-electron chi connectivity index (χ1n) is 5.42. The lowest BCUT2D eigenvalue weighted by molar-refractivity contribution is -0.136. The minimum atomic E-state index is -4.38. The third kappa shape index (κ3) is 1.47. The van der Waals surface area contributed by atoms with Crippen molar-refractivity contribution in [2.45, 2.75) is 13.1 Å². The van der Waals surface area contributed by atoms with Crippen LogP contribution in [0.4, 0.5) is 13.2 Å². The normalized spacial score (nSPS) is 12.4. The van der Waals surface area contributed by atoms with E-state index in [0.717, 1.165) is 6.07 Å². The molecular formula is C13H9F3N2. The number of benzene rings is 1. The number of aryl methyl sites for hydroxylation is 1. The zero-order valence-corrected chi connectivity index (χ0v) is 9.49. The molecule has 0 saturated carbocycles. The predicted molar refractivity (Wildman–Crippen MR) is 62.4 cm³/mol. The third-order valence-corrected chi connectivity index (χ3v) is 2.97. The average Bonchev–Trinajstić information content (AvgIpc) is 2.76. The van der Waals surface area contributed by atoms with Crippen LogP contribution in [0, 0.1) is 6.92 Å². The Balaban J connectivity index is 2.57. The van der Waals surface area contributed by atoms with E-state index in [9.17, 15) is 13.2 Å². The van der Waals surface area contributed by atoms with Gasteiger partial charge in [-0.25, -0.2) is 4.98 Å². The molecule has 0 N–H and O–H groups in total. The zero-order chi connectivity index (χ0) is 12.9. The van der Waals surface area contributed by atoms with Gasteiger partial charge in [0.05, 0.1) is 27.8 Å². The van der Waals surface area contributed by atoms with Crippen LogP contribution in [-0.2, 0) is 6.18 Å². The second-order valence-corrected chi connectivity index (χ2v) is 4.13. The van der Waals surface area contributed by atoms with Crippen LogP contribution in [0.2, 0.25) is 0 Å². The lowest BCUT2D eigenvalue weighted by Crippen LogP contribution is -2.08. The lowest BCUT2D eigenvalue weighted by Gasteiger charge is -2.12. The zero-order valence-electron chi connectivity index (χ0n) is 9.49. The molecule has 0 amide bonds. The van der Waals surface area contributed by atoms with Crippen LogP contribution < -0.4 is 0 Å². The van der Waals surface area contributed by atoms with Crippen molar-refractivity contribution in [2.24, 2.45) is 0 Å². The van der Waals surface area contributed by atoms with Crippen molar-refractivity contribution in [1.82, 2.24) is 9.38 Å². The molecular weight excluding hydrogens is 241 g/mol. The van der Waals surface area contributed by atoms with E-state index in [1.807, 2.05) is 0 Å². The number of nitrogens with zero attached hydrogens (tertiary/aromatic N) is 2. The Hall–Kier alpha value is -2.04. The van der Waals surface area contributed by atoms with Crippen LogP contribution in [0.15, 0.2) is 36.5 Å². The highest BCUT2D eigenvalue weighted by atomic mass is 19.4. The number of aromatic nitrogens is 2. The number of halogens is 3. The van der Waals surface area contributed by atoms with Crippen molar-refractivity contribution in [1.29, 1.82) is 0 Å². The fourth-order valence-corrected chi connectivity index (χ4v) is 2.21. The molecule has 3 aromatic rings. The van der Waals surface area contributed by atoms with Gasteiger partial charge in [-0.1, -0.05) is 6.07 Å². The number of alkyl halides is 3. The van der Waals surface area contributed by atoms with Crippen molar-refractivity contribution in [3.05, 3.63) is 47.8 Å². The molecule has 0 saturated heterocycles. The van der Waals surface area contributed by atoms with Gasteiger partial charge in [-0.15, -0.1) is 0 Å². The Kier molecular flexibility index (Phi) is 2.14. The minimum Gasteiger partial charge on any atom is -0.313 e. The van der Waals surface area contributed by atoms with Gasteiger partial charge >= 0.3 is 6.18 Å². The van der Waals surface area contributed by atoms with Crippen LogP contribution in [0.3, 0.4) is 0 Å². The third-order valence-electron chi connectivity index (χ3n) is 2.97. The number of fused-ring (bicyclic) bond motifs is 3. The Labute approximate surface area is 101 Å². The maximum absolute atomic E-state index is 13.0. The van der Waals surface area contributed by atoms with Crippen molar-refractivity contribution in [3.8, 4) is 0 Å². The van der Waals surface area contributed by atoms with E-state index in [1.165, 1.54) is 6.07 Å². The maximum Gasteiger partial charge on any atom is 0.418 e. The molecule has 2 heterocycles. The summed E-state index contributed by atoms with van der Waals surface area (Å²) in [5.74, 6) is 0. The van der Waals surface area contributed by atoms with E-state index >= 15 is 0 Å². The SMILES string of the molecule is Cc1nc2cccc(C(F)(F)F)c2n2cccc12. The van der Waals surface area contributed by atoms with E-state index in [-0.39, 0.29) is 5.52 Å². The Morgan fingerprint density at radius 1 is 1.11 bits per heavy atom. The molecule has 0 radical (unpaired) electrons. The Morgan fingerprint density at radius 3 is 2.61 bits per heavy atom. The Bertz CT molecular complexity index is 741. The van der Waals surface area contributed by atoms with Crippen LogP contribution in [-0.4, -0.2) is 9.38 Å². The van der Waals surface area contributed by atoms with Crippen LogP contribution in [0.25, 0.3) is 16.6 Å². The average molecular weight is 250 g/mol. The second-order valence-electron chi connectivity index (χ2n) is 4.13. The van der Waals surface area contributed by atoms with Gasteiger partial charge in [0.15, 0.2) is 0 Å². The van der Waals surface area contributed by atoms with Gasteiger partial charge in [0, 0.05) is 6.20 Å². The van der Waals surface area contributed by atoms with E-state index < -0.39 is 11.7 Å². The molecule has 5 heteroatoms. The minimum absolute atomic E-state index is 0.107. The summed E-state index contributed by atoms with van der Waals surface area (Å²) < 4.78 is 40.6. The highest BCUT2D eigenvalue weighted by Gasteiger charge is 2.33. The van der Waals surface area contributed by atoms with Gasteiger partial charge < -0.3 is 4.40 Å². The quantitative estimate of drug-likeness (QED) is 0.593. The first-order valence-corrected chi connectivity index (χ1v) is 5.42. The van der Waals surface area contributed by atoms with Crippen molar-refractivity contribution < 1.29 is 13.2 Å². The Morgan fingerprint density at radius 2 is 1.89 bits per heavy atom. The number of para-hydroxylation sites is 1. The molecule has 0 aliphatic heterocycles. The molecule has 0 aliphatic carbocycles. The van der Waals surface area contributed by atoms with Crippen molar-refractivity contribution >= 4 is 16.6 Å². The molecule has 92 valence electrons. The molecule has 0 spiro atoms. The number of hydrogen-bond acceptors (Lipinski definition) is 1. The highest BCUT2D eigenvalue weighted by Crippen LogP contribution is 2.34. The highest BCUT2D eigenvalue weighted by molar-refractivity contribution is 5.83. The summed E-state index contributed by atoms with van der Waals surface area (Å²) in [5.41, 5.74) is 1.21. The molecule has 0 unspecified atom stereocenters. The van der Waals surface area contributed by atoms with Crippen molar-refractivity contribution in [2.75, 3.05) is 0 Å². The van der Waals surface area contributed by atoms with E-state index in [2.05, 4.69) is 4.98 Å². The molecule has 0 aliphatic rings. The molecule has 0 bridgehead atoms. The van der Waals surface area contributed by atoms with Crippen molar-refractivity contribution in [3.63, 3.8) is 0 Å². The second kappa shape index (κ2) is 3.48. The van der Waals surface area contributed by atoms with Gasteiger partial charge in [0.1, 0.15) is 0 Å². The van der Waals surface area contributed by atoms with Crippen LogP contribution in [0.5, 0.6) is 0 Å². The molecule has 2 nitrogen and oxygen atoms in total. The summed E-state index contributed by atoms with van der Waals surface area (Å²) in [5, 5.41) is 0. The topological polar surface area (TPSA) is 17.3 Å². The summed E-state index contributed by atoms with van der Waals surface area (Å²) in [4.78, 5) is 4.23. The van der Waals surface area contributed by atoms with Gasteiger partial charge in [0.2, 0.25) is 0 Å². The monoisotopic (exact) mass is 250 g/mol. The van der Waals surface area contributed by atoms with Gasteiger partial charge in [0.25, 0.3) is 0 Å². The van der Waals surface area contributed by atoms with E-state index in [0.29, 0.717) is 16.7 Å². The molecule has 0 atom stereocenters. The van der Waals surface area contributed by atoms with Gasteiger partial charge in [-0.2, -0.15) is 13.2 Å². The van der Waals surface area contributed by atoms with Gasteiger partial charge in [-0.05, 0) is 31.2 Å². The standard InChI is InChI=1S/C13H9F3N2/c1-8-11-6-3-7-18(11)12-9(13(14,15)16)4-2-5-10(12)17-8/h2-7H,1H3. The summed E-state index contributed by atoms with van der Waals surface area (Å²) >= 11 is 0. The molecule has 18 heavy (non-hydrogen) atoms. The lowest BCUT2D eigenvalue weighted by atomic mass is 10.1. The summed E-state index contributed by atoms with van der Waals surface area (Å²) in [7, 11) is 0. The summed E-state index contributed by atoms with van der Waals surface area (Å²) in [6, 6.07) is 7.54. The molecule has 1 aromatic carbocycles. The fourth-order valence-electron chi connectivity index (χ4n) is 2.21. The molecule has 3 rings (SSSR count). The van der Waals surface area contributed by atoms with E-state index in [4.69, 9.17) is 0 Å². The summed E-state index contributed by atoms with van der Waals surface area (Å²) in [6.07, 6.45) is -2.75. The van der Waals surface area contributed by atoms with Gasteiger partial charge in [-0.3, -0.25) is 0 Å². The fraction of sp³-hybridized carbons (Fsp3) is 0.154. The molecule has 2 aromatic heterocycles. The largest absolute Gasteiger partial charge is 0.418 e. The smallest absolute Gasteiger partial charge is 0.313 e. The maximum atomic E-state index is 13.0. The van der Waals surface area contributed by atoms with Crippen LogP contribution in [0.1, 0.15) is 11.3 Å². The number of hydrogen-bond donors (Lipinski definition) is 0. The van der Waals surface area contributed by atoms with E-state index in [1.54, 1.807) is 35.7 Å². The first-order chi connectivity index (χ1) is 8.48. The molecule has 0 fully saturated rings. The van der Waals surface area contributed by atoms with Crippen LogP contribution >= 0.6 is 0 Å². The summed E-state index contributed by atoms with van der Waals surface area (Å²) in [6.45, 7) is 1.79. The first kappa shape index (κ1) is 11.1. The predicted octanol–water partition coefficient (Wildman–Crippen LogP) is 3.81.